The molecule has 5 heteroatoms. The Kier molecular flexibility index (Phi) is 5.39. The Labute approximate surface area is 167 Å². The van der Waals surface area contributed by atoms with Crippen LogP contribution in [0.3, 0.4) is 0 Å². The van der Waals surface area contributed by atoms with Gasteiger partial charge in [-0.15, -0.1) is 0 Å². The smallest absolute Gasteiger partial charge is 0.243 e. The van der Waals surface area contributed by atoms with Crippen LogP contribution >= 0.6 is 0 Å². The maximum atomic E-state index is 13.5. The third-order valence-electron chi connectivity index (χ3n) is 7.02. The summed E-state index contributed by atoms with van der Waals surface area (Å²) in [6.45, 7) is 10.6. The molecule has 2 fully saturated rings. The number of amides is 3. The van der Waals surface area contributed by atoms with E-state index in [9.17, 15) is 14.4 Å². The summed E-state index contributed by atoms with van der Waals surface area (Å²) < 4.78 is 0. The number of carbonyl (C=O) groups is 3. The van der Waals surface area contributed by atoms with Gasteiger partial charge in [-0.25, -0.2) is 0 Å². The van der Waals surface area contributed by atoms with Gasteiger partial charge in [-0.1, -0.05) is 65.0 Å². The maximum Gasteiger partial charge on any atom is 0.243 e. The number of carbonyl (C=O) groups excluding carboxylic acids is 3. The molecule has 0 aromatic heterocycles. The molecule has 1 heterocycles. The fourth-order valence-corrected chi connectivity index (χ4v) is 4.71. The molecule has 1 saturated carbocycles. The molecule has 28 heavy (non-hydrogen) atoms. The van der Waals surface area contributed by atoms with Gasteiger partial charge in [0, 0.05) is 18.9 Å². The van der Waals surface area contributed by atoms with E-state index >= 15 is 0 Å². The summed E-state index contributed by atoms with van der Waals surface area (Å²) >= 11 is 0. The van der Waals surface area contributed by atoms with E-state index < -0.39 is 11.5 Å². The first-order valence-electron chi connectivity index (χ1n) is 10.3. The normalized spacial score (nSPS) is 27.2. The Hall–Kier alpha value is -2.17. The fourth-order valence-electron chi connectivity index (χ4n) is 4.71. The minimum Gasteiger partial charge on any atom is -0.354 e. The van der Waals surface area contributed by atoms with Gasteiger partial charge in [-0.05, 0) is 29.7 Å². The van der Waals surface area contributed by atoms with Crippen LogP contribution in [0.2, 0.25) is 0 Å². The predicted octanol–water partition coefficient (Wildman–Crippen LogP) is 3.18. The molecule has 1 aliphatic heterocycles. The lowest BCUT2D eigenvalue weighted by atomic mass is 9.62. The highest BCUT2D eigenvalue weighted by molar-refractivity contribution is 6.07. The van der Waals surface area contributed by atoms with Crippen LogP contribution < -0.4 is 5.32 Å². The summed E-state index contributed by atoms with van der Waals surface area (Å²) in [4.78, 5) is 41.3. The highest BCUT2D eigenvalue weighted by atomic mass is 16.2. The number of hydrogen-bond acceptors (Lipinski definition) is 3. The molecule has 3 atom stereocenters. The van der Waals surface area contributed by atoms with Crippen LogP contribution in [0.5, 0.6) is 0 Å². The molecule has 152 valence electrons. The Morgan fingerprint density at radius 3 is 2.43 bits per heavy atom. The minimum absolute atomic E-state index is 0.189. The van der Waals surface area contributed by atoms with Crippen molar-refractivity contribution in [1.82, 2.24) is 10.2 Å². The van der Waals surface area contributed by atoms with Crippen LogP contribution in [-0.2, 0) is 20.8 Å². The number of nitrogens with one attached hydrogen (secondary N) is 1. The lowest BCUT2D eigenvalue weighted by Gasteiger charge is -2.49. The van der Waals surface area contributed by atoms with E-state index in [4.69, 9.17) is 0 Å². The Morgan fingerprint density at radius 1 is 1.18 bits per heavy atom. The van der Waals surface area contributed by atoms with Gasteiger partial charge < -0.3 is 5.32 Å². The molecule has 2 aliphatic rings. The first-order chi connectivity index (χ1) is 13.1. The summed E-state index contributed by atoms with van der Waals surface area (Å²) in [5.41, 5.74) is -0.0579. The van der Waals surface area contributed by atoms with E-state index in [2.05, 4.69) is 5.32 Å². The van der Waals surface area contributed by atoms with Crippen molar-refractivity contribution in [3.63, 3.8) is 0 Å². The molecule has 1 saturated heterocycles. The van der Waals surface area contributed by atoms with E-state index in [-0.39, 0.29) is 29.1 Å². The van der Waals surface area contributed by atoms with E-state index in [1.807, 2.05) is 65.0 Å². The molecule has 0 spiro atoms. The lowest BCUT2D eigenvalue weighted by Crippen LogP contribution is -2.64. The first kappa shape index (κ1) is 20.6. The molecular weight excluding hydrogens is 352 g/mol. The van der Waals surface area contributed by atoms with Crippen LogP contribution in [0.15, 0.2) is 30.3 Å². The maximum absolute atomic E-state index is 13.5. The summed E-state index contributed by atoms with van der Waals surface area (Å²) in [5, 5.41) is 2.94. The van der Waals surface area contributed by atoms with Crippen molar-refractivity contribution in [3.8, 4) is 0 Å². The van der Waals surface area contributed by atoms with Gasteiger partial charge in [0.2, 0.25) is 17.7 Å². The van der Waals surface area contributed by atoms with Crippen molar-refractivity contribution in [2.75, 3.05) is 6.54 Å². The van der Waals surface area contributed by atoms with Gasteiger partial charge in [0.1, 0.15) is 6.04 Å². The fraction of sp³-hybridized carbons (Fsp3) is 0.609. The average Bonchev–Trinajstić information content (AvgIpc) is 2.83. The van der Waals surface area contributed by atoms with Crippen LogP contribution in [0.1, 0.15) is 53.0 Å². The molecule has 0 radical (unpaired) electrons. The van der Waals surface area contributed by atoms with Crippen molar-refractivity contribution >= 4 is 17.7 Å². The van der Waals surface area contributed by atoms with Crippen LogP contribution in [0.4, 0.5) is 0 Å². The number of rotatable bonds is 6. The van der Waals surface area contributed by atoms with Gasteiger partial charge in [0.05, 0.1) is 5.41 Å². The van der Waals surface area contributed by atoms with Crippen molar-refractivity contribution in [3.05, 3.63) is 35.9 Å². The Balaban J connectivity index is 1.96. The number of hydrogen-bond donors (Lipinski definition) is 1. The molecule has 1 aromatic carbocycles. The second-order valence-corrected chi connectivity index (χ2v) is 9.50. The van der Waals surface area contributed by atoms with E-state index in [0.29, 0.717) is 31.7 Å². The Morgan fingerprint density at radius 2 is 1.82 bits per heavy atom. The van der Waals surface area contributed by atoms with Crippen molar-refractivity contribution in [1.29, 1.82) is 0 Å². The second kappa shape index (κ2) is 7.34. The van der Waals surface area contributed by atoms with Crippen molar-refractivity contribution < 1.29 is 14.4 Å². The topological polar surface area (TPSA) is 66.5 Å². The largest absolute Gasteiger partial charge is 0.354 e. The minimum atomic E-state index is -0.808. The van der Waals surface area contributed by atoms with Crippen LogP contribution in [0, 0.1) is 22.7 Å². The standard InChI is InChI=1S/C23H32N2O3/c1-15(2)14-24-19(26)18(13-16-9-7-6-8-10-16)25-20(27)17-11-12-23(5,21(25)28)22(17,3)4/h6-10,15,17-18H,11-14H2,1-5H3,(H,24,26). The molecule has 2 bridgehead atoms. The highest BCUT2D eigenvalue weighted by Gasteiger charge is 2.65. The molecule has 1 aliphatic carbocycles. The molecule has 3 unspecified atom stereocenters. The predicted molar refractivity (Wildman–Crippen MR) is 108 cm³/mol. The van der Waals surface area contributed by atoms with Gasteiger partial charge in [0.15, 0.2) is 0 Å². The Bertz CT molecular complexity index is 771. The third-order valence-corrected chi connectivity index (χ3v) is 7.02. The number of benzene rings is 1. The van der Waals surface area contributed by atoms with Crippen molar-refractivity contribution in [2.24, 2.45) is 22.7 Å². The summed E-state index contributed by atoms with van der Waals surface area (Å²) in [6, 6.07) is 8.79. The van der Waals surface area contributed by atoms with Gasteiger partial charge >= 0.3 is 0 Å². The quantitative estimate of drug-likeness (QED) is 0.766. The zero-order valence-corrected chi connectivity index (χ0v) is 17.6. The van der Waals surface area contributed by atoms with Gasteiger partial charge in [-0.3, -0.25) is 19.3 Å². The van der Waals surface area contributed by atoms with E-state index in [0.717, 1.165) is 5.56 Å². The number of likely N-dealkylation sites (tertiary alicyclic amines) is 1. The molecular formula is C23H32N2O3. The zero-order valence-electron chi connectivity index (χ0n) is 17.6. The molecule has 1 N–H and O–H groups in total. The third kappa shape index (κ3) is 3.25. The molecule has 3 rings (SSSR count). The number of nitrogens with zero attached hydrogens (tertiary/aromatic N) is 1. The number of piperidine rings is 1. The van der Waals surface area contributed by atoms with Crippen LogP contribution in [0.25, 0.3) is 0 Å². The number of fused-ring (bicyclic) bond motifs is 2. The monoisotopic (exact) mass is 384 g/mol. The summed E-state index contributed by atoms with van der Waals surface area (Å²) in [5.74, 6) is -0.558. The van der Waals surface area contributed by atoms with Gasteiger partial charge in [0.25, 0.3) is 0 Å². The molecule has 5 nitrogen and oxygen atoms in total. The first-order valence-corrected chi connectivity index (χ1v) is 10.3. The second-order valence-electron chi connectivity index (χ2n) is 9.50. The summed E-state index contributed by atoms with van der Waals surface area (Å²) in [7, 11) is 0. The zero-order chi connectivity index (χ0) is 20.7. The highest BCUT2D eigenvalue weighted by Crippen LogP contribution is 2.60. The van der Waals surface area contributed by atoms with E-state index in [1.165, 1.54) is 4.90 Å². The summed E-state index contributed by atoms with van der Waals surface area (Å²) in [6.07, 6.45) is 1.74. The average molecular weight is 385 g/mol. The SMILES string of the molecule is CC(C)CNC(=O)C(Cc1ccccc1)N1C(=O)C2CCC(C)(C1=O)C2(C)C. The molecule has 1 aromatic rings. The van der Waals surface area contributed by atoms with Crippen LogP contribution in [-0.4, -0.2) is 35.2 Å². The molecule has 3 amide bonds. The van der Waals surface area contributed by atoms with E-state index in [1.54, 1.807) is 0 Å². The van der Waals surface area contributed by atoms with Crippen molar-refractivity contribution in [2.45, 2.75) is 59.9 Å². The number of imide groups is 1. The lowest BCUT2D eigenvalue weighted by molar-refractivity contribution is -0.173. The van der Waals surface area contributed by atoms with Gasteiger partial charge in [-0.2, -0.15) is 0 Å².